The second kappa shape index (κ2) is 7.45. The highest BCUT2D eigenvalue weighted by Crippen LogP contribution is 2.10. The molecule has 0 saturated carbocycles. The molecule has 0 atom stereocenters. The second-order valence-corrected chi connectivity index (χ2v) is 3.95. The Bertz CT molecular complexity index is 418. The first kappa shape index (κ1) is 14.2. The number of nitrogens with one attached hydrogen (secondary N) is 2. The van der Waals surface area contributed by atoms with Crippen LogP contribution in [0.1, 0.15) is 30.1 Å². The number of hydrogen-bond donors (Lipinski definition) is 3. The number of unbranched alkanes of at least 4 members (excludes halogenated alkanes) is 1. The maximum Gasteiger partial charge on any atom is 0.251 e. The van der Waals surface area contributed by atoms with Gasteiger partial charge in [-0.3, -0.25) is 9.59 Å². The molecule has 5 heteroatoms. The van der Waals surface area contributed by atoms with Crippen LogP contribution in [0.4, 0.5) is 5.69 Å². The van der Waals surface area contributed by atoms with E-state index in [1.54, 1.807) is 24.3 Å². The zero-order chi connectivity index (χ0) is 13.4. The Hall–Kier alpha value is -1.88. The van der Waals surface area contributed by atoms with E-state index in [1.807, 2.05) is 0 Å². The van der Waals surface area contributed by atoms with E-state index in [2.05, 4.69) is 10.6 Å². The van der Waals surface area contributed by atoms with Crippen molar-refractivity contribution >= 4 is 17.5 Å². The smallest absolute Gasteiger partial charge is 0.251 e. The highest BCUT2D eigenvalue weighted by molar-refractivity contribution is 5.96. The first-order valence-corrected chi connectivity index (χ1v) is 5.90. The molecular formula is C13H18N2O3. The largest absolute Gasteiger partial charge is 0.396 e. The van der Waals surface area contributed by atoms with Gasteiger partial charge in [-0.15, -0.1) is 0 Å². The minimum Gasteiger partial charge on any atom is -0.396 e. The minimum absolute atomic E-state index is 0.133. The first-order chi connectivity index (χ1) is 8.63. The lowest BCUT2D eigenvalue weighted by molar-refractivity contribution is -0.114. The monoisotopic (exact) mass is 250 g/mol. The summed E-state index contributed by atoms with van der Waals surface area (Å²) in [4.78, 5) is 22.7. The van der Waals surface area contributed by atoms with Gasteiger partial charge in [-0.05, 0) is 31.0 Å². The van der Waals surface area contributed by atoms with Crippen LogP contribution in [0.5, 0.6) is 0 Å². The molecule has 0 aliphatic carbocycles. The van der Waals surface area contributed by atoms with Gasteiger partial charge in [0.05, 0.1) is 0 Å². The predicted molar refractivity (Wildman–Crippen MR) is 69.4 cm³/mol. The Morgan fingerprint density at radius 3 is 2.72 bits per heavy atom. The Kier molecular flexibility index (Phi) is 5.87. The molecular weight excluding hydrogens is 232 g/mol. The summed E-state index contributed by atoms with van der Waals surface area (Å²) in [7, 11) is 0. The van der Waals surface area contributed by atoms with Gasteiger partial charge in [0.2, 0.25) is 5.91 Å². The lowest BCUT2D eigenvalue weighted by Gasteiger charge is -2.07. The number of anilines is 1. The number of aliphatic hydroxyl groups is 1. The summed E-state index contributed by atoms with van der Waals surface area (Å²) in [6.45, 7) is 2.08. The van der Waals surface area contributed by atoms with Gasteiger partial charge in [0.15, 0.2) is 0 Å². The van der Waals surface area contributed by atoms with E-state index in [9.17, 15) is 9.59 Å². The lowest BCUT2D eigenvalue weighted by Crippen LogP contribution is -2.24. The third-order valence-electron chi connectivity index (χ3n) is 2.32. The van der Waals surface area contributed by atoms with Crippen molar-refractivity contribution in [2.75, 3.05) is 18.5 Å². The summed E-state index contributed by atoms with van der Waals surface area (Å²) in [5.74, 6) is -0.351. The van der Waals surface area contributed by atoms with Crippen molar-refractivity contribution in [1.29, 1.82) is 0 Å². The van der Waals surface area contributed by atoms with Gasteiger partial charge in [-0.1, -0.05) is 6.07 Å². The van der Waals surface area contributed by atoms with Crippen LogP contribution in [-0.4, -0.2) is 30.1 Å². The predicted octanol–water partition coefficient (Wildman–Crippen LogP) is 1.15. The molecule has 2 amide bonds. The quantitative estimate of drug-likeness (QED) is 0.663. The number of benzene rings is 1. The molecule has 3 N–H and O–H groups in total. The summed E-state index contributed by atoms with van der Waals surface area (Å²) < 4.78 is 0. The lowest BCUT2D eigenvalue weighted by atomic mass is 10.2. The van der Waals surface area contributed by atoms with Crippen LogP contribution in [-0.2, 0) is 4.79 Å². The molecule has 0 heterocycles. The third-order valence-corrected chi connectivity index (χ3v) is 2.32. The van der Waals surface area contributed by atoms with Crippen molar-refractivity contribution in [2.24, 2.45) is 0 Å². The average Bonchev–Trinajstić information content (AvgIpc) is 2.34. The average molecular weight is 250 g/mol. The van der Waals surface area contributed by atoms with Crippen molar-refractivity contribution in [3.05, 3.63) is 29.8 Å². The second-order valence-electron chi connectivity index (χ2n) is 3.95. The summed E-state index contributed by atoms with van der Waals surface area (Å²) in [5, 5.41) is 14.0. The molecule has 98 valence electrons. The highest BCUT2D eigenvalue weighted by atomic mass is 16.3. The zero-order valence-corrected chi connectivity index (χ0v) is 10.4. The van der Waals surface area contributed by atoms with Gasteiger partial charge in [0.1, 0.15) is 0 Å². The topological polar surface area (TPSA) is 78.4 Å². The Balaban J connectivity index is 2.54. The molecule has 0 bridgehead atoms. The van der Waals surface area contributed by atoms with E-state index in [-0.39, 0.29) is 18.4 Å². The van der Waals surface area contributed by atoms with E-state index in [0.29, 0.717) is 24.2 Å². The molecule has 0 unspecified atom stereocenters. The van der Waals surface area contributed by atoms with Gasteiger partial charge >= 0.3 is 0 Å². The van der Waals surface area contributed by atoms with E-state index in [1.165, 1.54) is 6.92 Å². The SMILES string of the molecule is CC(=O)Nc1cccc(C(=O)NCCCCO)c1. The van der Waals surface area contributed by atoms with Crippen LogP contribution in [0.3, 0.4) is 0 Å². The summed E-state index contributed by atoms with van der Waals surface area (Å²) >= 11 is 0. The fourth-order valence-corrected chi connectivity index (χ4v) is 1.48. The molecule has 0 aromatic heterocycles. The molecule has 0 radical (unpaired) electrons. The van der Waals surface area contributed by atoms with Crippen molar-refractivity contribution in [1.82, 2.24) is 5.32 Å². The van der Waals surface area contributed by atoms with Crippen molar-refractivity contribution in [2.45, 2.75) is 19.8 Å². The number of rotatable bonds is 6. The van der Waals surface area contributed by atoms with Crippen LogP contribution in [0.25, 0.3) is 0 Å². The van der Waals surface area contributed by atoms with Crippen LogP contribution >= 0.6 is 0 Å². The van der Waals surface area contributed by atoms with E-state index in [4.69, 9.17) is 5.11 Å². The van der Waals surface area contributed by atoms with Gasteiger partial charge in [-0.2, -0.15) is 0 Å². The molecule has 18 heavy (non-hydrogen) atoms. The van der Waals surface area contributed by atoms with Gasteiger partial charge in [0, 0.05) is 31.3 Å². The van der Waals surface area contributed by atoms with Gasteiger partial charge < -0.3 is 15.7 Å². The van der Waals surface area contributed by atoms with E-state index >= 15 is 0 Å². The summed E-state index contributed by atoms with van der Waals surface area (Å²) in [6.07, 6.45) is 1.42. The number of carbonyl (C=O) groups is 2. The van der Waals surface area contributed by atoms with Crippen LogP contribution in [0, 0.1) is 0 Å². The maximum absolute atomic E-state index is 11.8. The third kappa shape index (κ3) is 4.97. The normalized spacial score (nSPS) is 9.89. The Morgan fingerprint density at radius 2 is 2.06 bits per heavy atom. The molecule has 0 fully saturated rings. The van der Waals surface area contributed by atoms with E-state index < -0.39 is 0 Å². The Labute approximate surface area is 106 Å². The fourth-order valence-electron chi connectivity index (χ4n) is 1.48. The van der Waals surface area contributed by atoms with Crippen molar-refractivity contribution in [3.63, 3.8) is 0 Å². The molecule has 1 aromatic rings. The van der Waals surface area contributed by atoms with Gasteiger partial charge in [-0.25, -0.2) is 0 Å². The maximum atomic E-state index is 11.8. The Morgan fingerprint density at radius 1 is 1.28 bits per heavy atom. The van der Waals surface area contributed by atoms with E-state index in [0.717, 1.165) is 6.42 Å². The number of amides is 2. The molecule has 0 spiro atoms. The molecule has 0 saturated heterocycles. The van der Waals surface area contributed by atoms with Crippen LogP contribution in [0.2, 0.25) is 0 Å². The van der Waals surface area contributed by atoms with Crippen molar-refractivity contribution < 1.29 is 14.7 Å². The highest BCUT2D eigenvalue weighted by Gasteiger charge is 2.05. The minimum atomic E-state index is -0.180. The summed E-state index contributed by atoms with van der Waals surface area (Å²) in [5.41, 5.74) is 1.11. The molecule has 5 nitrogen and oxygen atoms in total. The molecule has 0 aliphatic heterocycles. The number of aliphatic hydroxyl groups excluding tert-OH is 1. The molecule has 1 aromatic carbocycles. The zero-order valence-electron chi connectivity index (χ0n) is 10.4. The van der Waals surface area contributed by atoms with Crippen LogP contribution < -0.4 is 10.6 Å². The number of carbonyl (C=O) groups excluding carboxylic acids is 2. The van der Waals surface area contributed by atoms with Gasteiger partial charge in [0.25, 0.3) is 5.91 Å². The first-order valence-electron chi connectivity index (χ1n) is 5.90. The fraction of sp³-hybridized carbons (Fsp3) is 0.385. The van der Waals surface area contributed by atoms with Crippen molar-refractivity contribution in [3.8, 4) is 0 Å². The van der Waals surface area contributed by atoms with Crippen LogP contribution in [0.15, 0.2) is 24.3 Å². The summed E-state index contributed by atoms with van der Waals surface area (Å²) in [6, 6.07) is 6.76. The standard InChI is InChI=1S/C13H18N2O3/c1-10(17)15-12-6-4-5-11(9-12)13(18)14-7-2-3-8-16/h4-6,9,16H,2-3,7-8H2,1H3,(H,14,18)(H,15,17). The number of hydrogen-bond acceptors (Lipinski definition) is 3. The molecule has 1 rings (SSSR count). The molecule has 0 aliphatic rings.